The Morgan fingerprint density at radius 3 is 0.764 bits per heavy atom. The zero-order chi connectivity index (χ0) is 85.0. The molecule has 0 bridgehead atoms. The van der Waals surface area contributed by atoms with Crippen molar-refractivity contribution in [2.75, 3.05) is 47.4 Å². The molecule has 0 aliphatic carbocycles. The third-order valence-corrected chi connectivity index (χ3v) is 21.3. The molecule has 12 nitrogen and oxygen atoms in total. The Hall–Kier alpha value is -13.7. The number of fused-ring (bicyclic) bond motifs is 4. The van der Waals surface area contributed by atoms with E-state index in [0.29, 0.717) is 26.2 Å². The molecule has 16 aromatic rings. The van der Waals surface area contributed by atoms with Crippen LogP contribution >= 0.6 is 11.6 Å². The Morgan fingerprint density at radius 1 is 0.260 bits per heavy atom. The molecule has 123 heavy (non-hydrogen) atoms. The van der Waals surface area contributed by atoms with Crippen LogP contribution in [0.5, 0.6) is 0 Å². The molecule has 0 amide bonds. The predicted molar refractivity (Wildman–Crippen MR) is 515 cm³/mol. The molecule has 4 heterocycles. The maximum absolute atomic E-state index is 13.0. The molecular formula is C109H108ClFN12. The van der Waals surface area contributed by atoms with Crippen LogP contribution in [-0.2, 0) is 78.5 Å². The highest BCUT2D eigenvalue weighted by atomic mass is 35.5. The third kappa shape index (κ3) is 26.2. The van der Waals surface area contributed by atoms with E-state index in [-0.39, 0.29) is 5.82 Å². The fourth-order valence-corrected chi connectivity index (χ4v) is 14.9. The van der Waals surface area contributed by atoms with Gasteiger partial charge in [0.15, 0.2) is 0 Å². The van der Waals surface area contributed by atoms with Crippen LogP contribution in [0.2, 0.25) is 5.02 Å². The molecule has 0 atom stereocenters. The fraction of sp³-hybridized carbons (Fsp3) is 0.193. The van der Waals surface area contributed by atoms with Gasteiger partial charge in [0.1, 0.15) is 5.82 Å². The van der Waals surface area contributed by atoms with Gasteiger partial charge in [-0.05, 0) is 248 Å². The molecule has 4 aromatic heterocycles. The largest absolute Gasteiger partial charge is 0.374 e. The number of rotatable bonds is 28. The second-order valence-corrected chi connectivity index (χ2v) is 30.3. The molecule has 0 fully saturated rings. The van der Waals surface area contributed by atoms with Crippen molar-refractivity contribution < 1.29 is 4.39 Å². The fourth-order valence-electron chi connectivity index (χ4n) is 14.8. The molecule has 0 unspecified atom stereocenters. The van der Waals surface area contributed by atoms with Crippen LogP contribution in [0, 0.1) is 60.1 Å². The summed E-state index contributed by atoms with van der Waals surface area (Å²) in [4.78, 5) is 0. The normalized spacial score (nSPS) is 10.6. The number of benzene rings is 12. The van der Waals surface area contributed by atoms with Crippen LogP contribution in [0.4, 0.5) is 27.1 Å². The zero-order valence-corrected chi connectivity index (χ0v) is 71.7. The molecule has 618 valence electrons. The maximum atomic E-state index is 13.0. The topological polar surface area (TPSA) is 116 Å². The van der Waals surface area contributed by atoms with E-state index < -0.39 is 0 Å². The smallest absolute Gasteiger partial charge is 0.123 e. The third-order valence-electron chi connectivity index (χ3n) is 21.0. The van der Waals surface area contributed by atoms with Gasteiger partial charge in [-0.15, -0.1) is 0 Å². The summed E-state index contributed by atoms with van der Waals surface area (Å²) in [5.74, 6) is 26.0. The van der Waals surface area contributed by atoms with Gasteiger partial charge < -0.3 is 60.8 Å². The Labute approximate surface area is 730 Å². The number of halogens is 2. The van der Waals surface area contributed by atoms with Crippen LogP contribution < -0.4 is 42.5 Å². The molecule has 8 N–H and O–H groups in total. The van der Waals surface area contributed by atoms with E-state index in [9.17, 15) is 4.39 Å². The van der Waals surface area contributed by atoms with Gasteiger partial charge in [-0.1, -0.05) is 217 Å². The maximum Gasteiger partial charge on any atom is 0.123 e. The number of hydrogen-bond acceptors (Lipinski definition) is 8. The van der Waals surface area contributed by atoms with Crippen LogP contribution in [0.1, 0.15) is 101 Å². The monoisotopic (exact) mass is 1640 g/mol. The molecule has 0 aliphatic rings. The van der Waals surface area contributed by atoms with E-state index in [1.54, 1.807) is 12.1 Å². The zero-order valence-electron chi connectivity index (χ0n) is 71.0. The molecular weight excluding hydrogens is 1530 g/mol. The first-order valence-electron chi connectivity index (χ1n) is 42.5. The average molecular weight is 1640 g/mol. The number of aryl methyl sites for hydroxylation is 5. The lowest BCUT2D eigenvalue weighted by atomic mass is 10.1. The minimum absolute atomic E-state index is 0.237. The SMILES string of the molecule is CCn1c(C#CCNc2ccc(C)cc2)cc2cc(CNCc3ccccc3)ccc21.CCn1c(C#CCNc2ccc(Cl)cc2)cc2cc(CNCc3ccccc3)ccc21.CCn1c(C#CCNc2ccc(F)cc2)cc2cc(CNCc3ccccc3)ccc21.CCn1c(C#CCNc2ccccc2)cc2cc(CNCc3ccccc3)ccc21. The molecule has 0 saturated carbocycles. The molecule has 16 rings (SSSR count). The number of aromatic nitrogens is 4. The average Bonchev–Trinajstić information content (AvgIpc) is 1.67. The number of para-hydroxylation sites is 1. The van der Waals surface area contributed by atoms with Crippen molar-refractivity contribution in [3.63, 3.8) is 0 Å². The predicted octanol–water partition coefficient (Wildman–Crippen LogP) is 22.8. The summed E-state index contributed by atoms with van der Waals surface area (Å²) < 4.78 is 22.1. The standard InChI is InChI=1S/C28H29N3.C27H26ClN3.C27H26FN3.C27H27N3/c1-3-31-27(10-7-17-30-26-14-11-22(2)12-15-26)19-25-18-24(13-16-28(25)31)21-29-20-23-8-5-4-6-9-23;2*1-2-31-26(9-6-16-30-25-13-11-24(28)12-14-25)18-23-17-22(10-15-27(23)31)20-29-19-21-7-4-3-5-8-21;1-2-30-26(14-9-17-29-25-12-7-4-8-13-25)19-24-18-23(15-16-27(24)30)21-28-20-22-10-5-3-6-11-22/h4-6,8-9,11-16,18-19,29-30H,3,17,20-21H2,1-2H3;2*3-5,7-8,10-15,17-18,29-30H,2,16,19-20H2,1H3;3-8,10-13,15-16,18-19,28-29H,2,17,20-21H2,1H3. The van der Waals surface area contributed by atoms with Gasteiger partial charge in [0.05, 0.1) is 49.0 Å². The summed E-state index contributed by atoms with van der Waals surface area (Å²) in [6, 6.07) is 110. The van der Waals surface area contributed by atoms with Gasteiger partial charge in [-0.2, -0.15) is 0 Å². The van der Waals surface area contributed by atoms with E-state index in [2.05, 4.69) is 379 Å². The lowest BCUT2D eigenvalue weighted by Gasteiger charge is -2.07. The first-order valence-corrected chi connectivity index (χ1v) is 42.9. The van der Waals surface area contributed by atoms with Crippen LogP contribution in [0.15, 0.2) is 322 Å². The molecule has 14 heteroatoms. The summed E-state index contributed by atoms with van der Waals surface area (Å²) in [6.07, 6.45) is 0. The van der Waals surface area contributed by atoms with Gasteiger partial charge in [-0.3, -0.25) is 0 Å². The van der Waals surface area contributed by atoms with Crippen molar-refractivity contribution in [1.29, 1.82) is 0 Å². The Morgan fingerprint density at radius 2 is 0.496 bits per heavy atom. The van der Waals surface area contributed by atoms with E-state index in [4.69, 9.17) is 11.6 Å². The summed E-state index contributed by atoms with van der Waals surface area (Å²) in [6.45, 7) is 23.5. The molecule has 0 aliphatic heterocycles. The summed E-state index contributed by atoms with van der Waals surface area (Å²) in [5.41, 5.74) is 24.7. The van der Waals surface area contributed by atoms with E-state index in [0.717, 1.165) is 129 Å². The van der Waals surface area contributed by atoms with Gasteiger partial charge in [0, 0.05) is 150 Å². The van der Waals surface area contributed by atoms with E-state index >= 15 is 0 Å². The lowest BCUT2D eigenvalue weighted by Crippen LogP contribution is -2.12. The first-order chi connectivity index (χ1) is 60.5. The number of anilines is 4. The summed E-state index contributed by atoms with van der Waals surface area (Å²) in [7, 11) is 0. The van der Waals surface area contributed by atoms with Crippen molar-refractivity contribution >= 4 is 78.0 Å². The minimum Gasteiger partial charge on any atom is -0.374 e. The molecule has 12 aromatic carbocycles. The lowest BCUT2D eigenvalue weighted by molar-refractivity contribution is 0.628. The van der Waals surface area contributed by atoms with Crippen molar-refractivity contribution in [3.8, 4) is 47.4 Å². The van der Waals surface area contributed by atoms with E-state index in [1.807, 2.05) is 60.7 Å². The Balaban J connectivity index is 0.000000141. The highest BCUT2D eigenvalue weighted by Gasteiger charge is 2.13. The van der Waals surface area contributed by atoms with Crippen LogP contribution in [0.25, 0.3) is 43.6 Å². The quantitative estimate of drug-likeness (QED) is 0.0229. The first kappa shape index (κ1) is 87.1. The Bertz CT molecular complexity index is 5830. The summed E-state index contributed by atoms with van der Waals surface area (Å²) >= 11 is 5.93. The molecule has 0 saturated heterocycles. The summed E-state index contributed by atoms with van der Waals surface area (Å²) in [5, 5.41) is 33.0. The number of nitrogens with one attached hydrogen (secondary N) is 8. The van der Waals surface area contributed by atoms with Gasteiger partial charge in [-0.25, -0.2) is 4.39 Å². The van der Waals surface area contributed by atoms with Gasteiger partial charge >= 0.3 is 0 Å². The van der Waals surface area contributed by atoms with Crippen molar-refractivity contribution in [2.24, 2.45) is 0 Å². The van der Waals surface area contributed by atoms with Crippen molar-refractivity contribution in [3.05, 3.63) is 405 Å². The van der Waals surface area contributed by atoms with Gasteiger partial charge in [0.25, 0.3) is 0 Å². The van der Waals surface area contributed by atoms with Crippen molar-refractivity contribution in [2.45, 2.75) is 113 Å². The van der Waals surface area contributed by atoms with Crippen LogP contribution in [0.3, 0.4) is 0 Å². The Kier molecular flexibility index (Phi) is 32.7. The molecule has 0 radical (unpaired) electrons. The van der Waals surface area contributed by atoms with E-state index in [1.165, 1.54) is 106 Å². The van der Waals surface area contributed by atoms with Crippen molar-refractivity contribution in [1.82, 2.24) is 39.5 Å². The van der Waals surface area contributed by atoms with Crippen LogP contribution in [-0.4, -0.2) is 44.4 Å². The second-order valence-electron chi connectivity index (χ2n) is 29.9. The number of nitrogens with zero attached hydrogens (tertiary/aromatic N) is 4. The van der Waals surface area contributed by atoms with Gasteiger partial charge in [0.2, 0.25) is 0 Å². The highest BCUT2D eigenvalue weighted by Crippen LogP contribution is 2.27. The number of hydrogen-bond donors (Lipinski definition) is 8. The highest BCUT2D eigenvalue weighted by molar-refractivity contribution is 6.30. The molecule has 0 spiro atoms. The second kappa shape index (κ2) is 46.2. The minimum atomic E-state index is -0.237.